The van der Waals surface area contributed by atoms with E-state index in [0.717, 1.165) is 30.7 Å². The van der Waals surface area contributed by atoms with E-state index in [9.17, 15) is 4.39 Å². The van der Waals surface area contributed by atoms with Gasteiger partial charge in [-0.3, -0.25) is 9.80 Å². The number of anilines is 1. The maximum absolute atomic E-state index is 12.4. The van der Waals surface area contributed by atoms with Crippen LogP contribution >= 0.6 is 11.6 Å². The van der Waals surface area contributed by atoms with E-state index in [4.69, 9.17) is 21.7 Å². The average molecular weight is 634 g/mol. The van der Waals surface area contributed by atoms with Crippen LogP contribution in [0.4, 0.5) is 10.1 Å². The quantitative estimate of drug-likeness (QED) is 0.134. The monoisotopic (exact) mass is 633 g/mol. The Kier molecular flexibility index (Phi) is 27.7. The van der Waals surface area contributed by atoms with Crippen LogP contribution in [0.25, 0.3) is 0 Å². The zero-order valence-corrected chi connectivity index (χ0v) is 30.0. The maximum Gasteiger partial charge on any atom is 0.216 e. The summed E-state index contributed by atoms with van der Waals surface area (Å²) in [5.41, 5.74) is 1.34. The summed E-state index contributed by atoms with van der Waals surface area (Å²) in [5, 5.41) is 11.2. The summed E-state index contributed by atoms with van der Waals surface area (Å²) >= 11 is 5.44. The first kappa shape index (κ1) is 43.6. The van der Waals surface area contributed by atoms with Crippen LogP contribution in [0.1, 0.15) is 99.0 Å². The van der Waals surface area contributed by atoms with Crippen molar-refractivity contribution in [2.24, 2.45) is 17.8 Å². The van der Waals surface area contributed by atoms with Crippen molar-refractivity contribution in [2.75, 3.05) is 39.7 Å². The molecular formula is C36H61ClFN5O. The van der Waals surface area contributed by atoms with Gasteiger partial charge < -0.3 is 10.1 Å². The molecule has 1 N–H and O–H groups in total. The van der Waals surface area contributed by atoms with E-state index in [1.54, 1.807) is 25.2 Å². The van der Waals surface area contributed by atoms with E-state index >= 15 is 0 Å². The van der Waals surface area contributed by atoms with Gasteiger partial charge in [0.25, 0.3) is 0 Å². The molecule has 0 amide bonds. The number of pyridine rings is 1. The van der Waals surface area contributed by atoms with Crippen molar-refractivity contribution >= 4 is 23.6 Å². The summed E-state index contributed by atoms with van der Waals surface area (Å²) in [4.78, 5) is 17.1. The van der Waals surface area contributed by atoms with Crippen LogP contribution in [0.3, 0.4) is 0 Å². The fourth-order valence-electron chi connectivity index (χ4n) is 4.62. The summed E-state index contributed by atoms with van der Waals surface area (Å²) in [6.45, 7) is 17.3. The first-order chi connectivity index (χ1) is 21.0. The molecule has 44 heavy (non-hydrogen) atoms. The van der Waals surface area contributed by atoms with Gasteiger partial charge in [0.15, 0.2) is 0 Å². The van der Waals surface area contributed by atoms with E-state index in [0.29, 0.717) is 17.3 Å². The molecule has 1 saturated carbocycles. The van der Waals surface area contributed by atoms with Crippen molar-refractivity contribution in [3.8, 4) is 6.07 Å². The lowest BCUT2D eigenvalue weighted by Gasteiger charge is -2.31. The molecule has 6 nitrogen and oxygen atoms in total. The van der Waals surface area contributed by atoms with E-state index in [-0.39, 0.29) is 5.15 Å². The number of halogens is 2. The number of nitrogens with one attached hydrogen (secondary N) is 1. The molecule has 0 saturated heterocycles. The molecule has 4 unspecified atom stereocenters. The lowest BCUT2D eigenvalue weighted by atomic mass is 9.97. The molecule has 1 aromatic carbocycles. The van der Waals surface area contributed by atoms with Crippen molar-refractivity contribution in [1.29, 1.82) is 5.26 Å². The fraction of sp³-hybridized carbons (Fsp3) is 0.639. The lowest BCUT2D eigenvalue weighted by molar-refractivity contribution is -0.106. The van der Waals surface area contributed by atoms with Gasteiger partial charge in [-0.25, -0.2) is 4.98 Å². The summed E-state index contributed by atoms with van der Waals surface area (Å²) in [6.07, 6.45) is 10.7. The van der Waals surface area contributed by atoms with Gasteiger partial charge in [-0.2, -0.15) is 9.65 Å². The van der Waals surface area contributed by atoms with Crippen LogP contribution in [-0.2, 0) is 4.79 Å². The summed E-state index contributed by atoms with van der Waals surface area (Å²) in [5.74, 6) is 2.51. The molecule has 0 aliphatic heterocycles. The minimum atomic E-state index is -0.572. The van der Waals surface area contributed by atoms with Crippen LogP contribution in [0.2, 0.25) is 5.15 Å². The molecule has 3 rings (SSSR count). The van der Waals surface area contributed by atoms with Crippen LogP contribution in [0.15, 0.2) is 42.5 Å². The van der Waals surface area contributed by atoms with Gasteiger partial charge in [-0.05, 0) is 103 Å². The van der Waals surface area contributed by atoms with Crippen molar-refractivity contribution in [3.05, 3.63) is 59.1 Å². The van der Waals surface area contributed by atoms with Gasteiger partial charge >= 0.3 is 0 Å². The van der Waals surface area contributed by atoms with Gasteiger partial charge in [-0.1, -0.05) is 77.3 Å². The van der Waals surface area contributed by atoms with Gasteiger partial charge in [0.05, 0.1) is 18.3 Å². The highest BCUT2D eigenvalue weighted by atomic mass is 35.5. The standard InChI is InChI=1S/C19H40N2.C7H5N.C6H6ClFN2.C2H4O.C2H6/c1-7-17(4)21(15-20(5)6)13-9-10-16(3)11-12-19-14-18(19)8-2;8-6-7-4-2-1-3-5-7;1-9-4-2-5(7)10-6(8)3-4;1-2-3;1-2/h16-19H,7-15H2,1-6H3;1-5H;2-3H,1H3,(H,9,10);2H,1H3;1-2H3. The minimum Gasteiger partial charge on any atom is -0.388 e. The SMILES string of the molecule is CC.CC=O.CCC1CC1CCC(C)CCCN(CN(C)C)C(C)CC.CNc1cc(F)nc(Cl)c1.N#Cc1ccccc1. The lowest BCUT2D eigenvalue weighted by Crippen LogP contribution is -2.40. The number of hydrogen-bond acceptors (Lipinski definition) is 6. The third kappa shape index (κ3) is 22.9. The number of nitrogens with zero attached hydrogens (tertiary/aromatic N) is 4. The first-order valence-corrected chi connectivity index (χ1v) is 16.7. The van der Waals surface area contributed by atoms with Crippen LogP contribution in [0, 0.1) is 35.0 Å². The minimum absolute atomic E-state index is 0.157. The van der Waals surface area contributed by atoms with Crippen molar-refractivity contribution < 1.29 is 9.18 Å². The number of aldehydes is 1. The van der Waals surface area contributed by atoms with Gasteiger partial charge in [0, 0.05) is 24.8 Å². The van der Waals surface area contributed by atoms with E-state index < -0.39 is 5.95 Å². The number of rotatable bonds is 13. The molecule has 0 spiro atoms. The number of carbonyl (C=O) groups excluding carboxylic acids is 1. The Labute approximate surface area is 274 Å². The molecule has 4 atom stereocenters. The van der Waals surface area contributed by atoms with Gasteiger partial charge in [0.2, 0.25) is 5.95 Å². The summed E-state index contributed by atoms with van der Waals surface area (Å²) in [7, 11) is 6.04. The molecule has 8 heteroatoms. The smallest absolute Gasteiger partial charge is 0.216 e. The summed E-state index contributed by atoms with van der Waals surface area (Å²) < 4.78 is 12.4. The molecule has 0 radical (unpaired) electrons. The number of aromatic nitrogens is 1. The molecule has 1 aliphatic rings. The topological polar surface area (TPSA) is 72.3 Å². The molecule has 250 valence electrons. The second kappa shape index (κ2) is 28.0. The molecule has 0 bridgehead atoms. The Morgan fingerprint density at radius 1 is 1.14 bits per heavy atom. The summed E-state index contributed by atoms with van der Waals surface area (Å²) in [6, 6.07) is 14.7. The van der Waals surface area contributed by atoms with Crippen LogP contribution in [-0.4, -0.2) is 61.5 Å². The molecular weight excluding hydrogens is 573 g/mol. The number of benzene rings is 1. The molecule has 1 aliphatic carbocycles. The molecule has 1 fully saturated rings. The highest BCUT2D eigenvalue weighted by molar-refractivity contribution is 6.29. The maximum atomic E-state index is 12.4. The predicted molar refractivity (Wildman–Crippen MR) is 188 cm³/mol. The number of nitriles is 1. The Bertz CT molecular complexity index is 982. The third-order valence-electron chi connectivity index (χ3n) is 7.40. The van der Waals surface area contributed by atoms with Gasteiger partial charge in [0.1, 0.15) is 11.4 Å². The third-order valence-corrected chi connectivity index (χ3v) is 7.59. The van der Waals surface area contributed by atoms with Gasteiger partial charge in [-0.15, -0.1) is 0 Å². The van der Waals surface area contributed by atoms with Crippen molar-refractivity contribution in [2.45, 2.75) is 99.5 Å². The largest absolute Gasteiger partial charge is 0.388 e. The molecule has 1 aromatic heterocycles. The van der Waals surface area contributed by atoms with E-state index in [1.807, 2.05) is 38.1 Å². The Hall–Kier alpha value is -2.53. The normalized spacial score (nSPS) is 15.8. The second-order valence-corrected chi connectivity index (χ2v) is 11.6. The van der Waals surface area contributed by atoms with E-state index in [2.05, 4.69) is 61.9 Å². The molecule has 2 aromatic rings. The Morgan fingerprint density at radius 2 is 1.75 bits per heavy atom. The Balaban J connectivity index is 0. The zero-order chi connectivity index (χ0) is 33.9. The van der Waals surface area contributed by atoms with E-state index in [1.165, 1.54) is 64.5 Å². The Morgan fingerprint density at radius 3 is 2.18 bits per heavy atom. The average Bonchev–Trinajstić information content (AvgIpc) is 3.79. The van der Waals surface area contributed by atoms with Crippen molar-refractivity contribution in [3.63, 3.8) is 0 Å². The second-order valence-electron chi connectivity index (χ2n) is 11.2. The number of carbonyl (C=O) groups is 1. The first-order valence-electron chi connectivity index (χ1n) is 16.3. The predicted octanol–water partition coefficient (Wildman–Crippen LogP) is 9.55. The number of hydrogen-bond donors (Lipinski definition) is 1. The highest BCUT2D eigenvalue weighted by Crippen LogP contribution is 2.44. The zero-order valence-electron chi connectivity index (χ0n) is 29.2. The van der Waals surface area contributed by atoms with Crippen molar-refractivity contribution in [1.82, 2.24) is 14.8 Å². The highest BCUT2D eigenvalue weighted by Gasteiger charge is 2.34. The van der Waals surface area contributed by atoms with Crippen LogP contribution < -0.4 is 5.32 Å². The fourth-order valence-corrected chi connectivity index (χ4v) is 4.82. The molecule has 1 heterocycles. The van der Waals surface area contributed by atoms with Crippen LogP contribution in [0.5, 0.6) is 0 Å².